The van der Waals surface area contributed by atoms with Crippen LogP contribution >= 0.6 is 0 Å². The Balaban J connectivity index is 2.39. The molecule has 1 rings (SSSR count). The highest BCUT2D eigenvalue weighted by Gasteiger charge is 2.26. The summed E-state index contributed by atoms with van der Waals surface area (Å²) in [5, 5.41) is 9.38. The fraction of sp³-hybridized carbons (Fsp3) is 0.900. The Bertz CT molecular complexity index is 196. The minimum Gasteiger partial charge on any atom is -0.393 e. The van der Waals surface area contributed by atoms with Gasteiger partial charge in [-0.15, -0.1) is 0 Å². The molecule has 1 heterocycles. The maximum Gasteiger partial charge on any atom is 0.239 e. The number of hydrogen-bond acceptors (Lipinski definition) is 3. The van der Waals surface area contributed by atoms with E-state index in [1.165, 1.54) is 0 Å². The number of carbonyl (C=O) groups is 1. The molecule has 1 amide bonds. The molecule has 0 bridgehead atoms. The van der Waals surface area contributed by atoms with Crippen LogP contribution in [0.1, 0.15) is 26.7 Å². The monoisotopic (exact) mass is 200 g/mol. The molecule has 0 aliphatic carbocycles. The number of hydrogen-bond donors (Lipinski definition) is 2. The number of aliphatic hydroxyl groups excluding tert-OH is 1. The molecule has 1 unspecified atom stereocenters. The van der Waals surface area contributed by atoms with E-state index in [4.69, 9.17) is 5.73 Å². The van der Waals surface area contributed by atoms with Crippen LogP contribution in [0.2, 0.25) is 0 Å². The first-order valence-electron chi connectivity index (χ1n) is 5.24. The molecule has 3 N–H and O–H groups in total. The fourth-order valence-electron chi connectivity index (χ4n) is 1.89. The third-order valence-corrected chi connectivity index (χ3v) is 2.92. The van der Waals surface area contributed by atoms with Crippen LogP contribution in [0.15, 0.2) is 0 Å². The van der Waals surface area contributed by atoms with E-state index in [-0.39, 0.29) is 12.0 Å². The van der Waals surface area contributed by atoms with Crippen LogP contribution in [-0.2, 0) is 4.79 Å². The minimum atomic E-state index is -0.405. The summed E-state index contributed by atoms with van der Waals surface area (Å²) in [6, 6.07) is -0.405. The van der Waals surface area contributed by atoms with E-state index < -0.39 is 6.04 Å². The summed E-state index contributed by atoms with van der Waals surface area (Å²) in [5.41, 5.74) is 5.52. The molecule has 1 aliphatic heterocycles. The first kappa shape index (κ1) is 11.5. The van der Waals surface area contributed by atoms with Gasteiger partial charge in [-0.25, -0.2) is 0 Å². The van der Waals surface area contributed by atoms with E-state index in [1.54, 1.807) is 11.8 Å². The Morgan fingerprint density at radius 1 is 1.43 bits per heavy atom. The second kappa shape index (κ2) is 4.75. The number of likely N-dealkylation sites (tertiary alicyclic amines) is 1. The fourth-order valence-corrected chi connectivity index (χ4v) is 1.89. The Morgan fingerprint density at radius 3 is 2.29 bits per heavy atom. The summed E-state index contributed by atoms with van der Waals surface area (Å²) >= 11 is 0. The molecule has 82 valence electrons. The number of nitrogens with zero attached hydrogens (tertiary/aromatic N) is 1. The van der Waals surface area contributed by atoms with Crippen molar-refractivity contribution in [3.05, 3.63) is 0 Å². The largest absolute Gasteiger partial charge is 0.393 e. The third kappa shape index (κ3) is 2.69. The average molecular weight is 200 g/mol. The molecule has 4 heteroatoms. The molecule has 0 spiro atoms. The topological polar surface area (TPSA) is 66.6 Å². The van der Waals surface area contributed by atoms with Crippen molar-refractivity contribution in [1.82, 2.24) is 4.90 Å². The highest BCUT2D eigenvalue weighted by atomic mass is 16.3. The van der Waals surface area contributed by atoms with Crippen LogP contribution in [0.5, 0.6) is 0 Å². The van der Waals surface area contributed by atoms with Crippen molar-refractivity contribution in [3.63, 3.8) is 0 Å². The number of amides is 1. The third-order valence-electron chi connectivity index (χ3n) is 2.92. The van der Waals surface area contributed by atoms with Gasteiger partial charge in [0.05, 0.1) is 12.1 Å². The van der Waals surface area contributed by atoms with E-state index in [0.29, 0.717) is 5.92 Å². The summed E-state index contributed by atoms with van der Waals surface area (Å²) in [6.45, 7) is 4.99. The lowest BCUT2D eigenvalue weighted by Crippen LogP contribution is -2.46. The Kier molecular flexibility index (Phi) is 3.89. The molecule has 0 aromatic heterocycles. The van der Waals surface area contributed by atoms with Gasteiger partial charge in [0.25, 0.3) is 0 Å². The zero-order valence-corrected chi connectivity index (χ0v) is 8.94. The Morgan fingerprint density at radius 2 is 1.93 bits per heavy atom. The number of piperidine rings is 1. The SMILES string of the molecule is CC(O)C1CCN(C(=O)[C@@H](C)N)CC1. The average Bonchev–Trinajstić information content (AvgIpc) is 2.16. The van der Waals surface area contributed by atoms with E-state index in [9.17, 15) is 9.90 Å². The van der Waals surface area contributed by atoms with Gasteiger partial charge >= 0.3 is 0 Å². The molecule has 1 saturated heterocycles. The molecule has 0 radical (unpaired) electrons. The molecule has 1 aliphatic rings. The molecule has 2 atom stereocenters. The van der Waals surface area contributed by atoms with Gasteiger partial charge < -0.3 is 15.7 Å². The number of aliphatic hydroxyl groups is 1. The molecule has 1 fully saturated rings. The van der Waals surface area contributed by atoms with Crippen molar-refractivity contribution < 1.29 is 9.90 Å². The Labute approximate surface area is 85.1 Å². The lowest BCUT2D eigenvalue weighted by molar-refractivity contribution is -0.134. The quantitative estimate of drug-likeness (QED) is 0.657. The van der Waals surface area contributed by atoms with E-state index in [2.05, 4.69) is 0 Å². The highest BCUT2D eigenvalue weighted by Crippen LogP contribution is 2.20. The normalized spacial score (nSPS) is 23.3. The maximum absolute atomic E-state index is 11.5. The van der Waals surface area contributed by atoms with Crippen LogP contribution in [-0.4, -0.2) is 41.1 Å². The van der Waals surface area contributed by atoms with Crippen molar-refractivity contribution in [3.8, 4) is 0 Å². The maximum atomic E-state index is 11.5. The highest BCUT2D eigenvalue weighted by molar-refractivity contribution is 5.81. The predicted octanol–water partition coefficient (Wildman–Crippen LogP) is -0.0470. The van der Waals surface area contributed by atoms with Crippen LogP contribution in [0.4, 0.5) is 0 Å². The van der Waals surface area contributed by atoms with Crippen LogP contribution in [0.25, 0.3) is 0 Å². The van der Waals surface area contributed by atoms with Gasteiger partial charge in [-0.3, -0.25) is 4.79 Å². The van der Waals surface area contributed by atoms with Crippen LogP contribution in [0.3, 0.4) is 0 Å². The van der Waals surface area contributed by atoms with Crippen molar-refractivity contribution >= 4 is 5.91 Å². The summed E-state index contributed by atoms with van der Waals surface area (Å²) < 4.78 is 0. The van der Waals surface area contributed by atoms with Gasteiger partial charge in [0, 0.05) is 13.1 Å². The van der Waals surface area contributed by atoms with Gasteiger partial charge in [0.1, 0.15) is 0 Å². The summed E-state index contributed by atoms with van der Waals surface area (Å²) in [6.07, 6.45) is 1.51. The molecule has 14 heavy (non-hydrogen) atoms. The van der Waals surface area contributed by atoms with Crippen LogP contribution < -0.4 is 5.73 Å². The summed E-state index contributed by atoms with van der Waals surface area (Å²) in [5.74, 6) is 0.362. The van der Waals surface area contributed by atoms with Gasteiger partial charge in [0.2, 0.25) is 5.91 Å². The first-order valence-corrected chi connectivity index (χ1v) is 5.24. The summed E-state index contributed by atoms with van der Waals surface area (Å²) in [4.78, 5) is 13.3. The molecular weight excluding hydrogens is 180 g/mol. The van der Waals surface area contributed by atoms with E-state index >= 15 is 0 Å². The van der Waals surface area contributed by atoms with Gasteiger partial charge in [-0.2, -0.15) is 0 Å². The lowest BCUT2D eigenvalue weighted by Gasteiger charge is -2.34. The predicted molar refractivity (Wildman–Crippen MR) is 54.6 cm³/mol. The second-order valence-electron chi connectivity index (χ2n) is 4.19. The lowest BCUT2D eigenvalue weighted by atomic mass is 9.92. The summed E-state index contributed by atoms with van der Waals surface area (Å²) in [7, 11) is 0. The molecule has 0 aromatic carbocycles. The van der Waals surface area contributed by atoms with E-state index in [1.807, 2.05) is 6.92 Å². The number of carbonyl (C=O) groups excluding carboxylic acids is 1. The van der Waals surface area contributed by atoms with Gasteiger partial charge in [-0.1, -0.05) is 0 Å². The first-order chi connectivity index (χ1) is 6.52. The number of nitrogens with two attached hydrogens (primary N) is 1. The van der Waals surface area contributed by atoms with E-state index in [0.717, 1.165) is 25.9 Å². The number of rotatable bonds is 2. The molecule has 0 saturated carbocycles. The van der Waals surface area contributed by atoms with Gasteiger partial charge in [-0.05, 0) is 32.6 Å². The Hall–Kier alpha value is -0.610. The van der Waals surface area contributed by atoms with Crippen molar-refractivity contribution in [1.29, 1.82) is 0 Å². The van der Waals surface area contributed by atoms with Crippen molar-refractivity contribution in [2.24, 2.45) is 11.7 Å². The zero-order chi connectivity index (χ0) is 10.7. The molecule has 4 nitrogen and oxygen atoms in total. The van der Waals surface area contributed by atoms with Crippen LogP contribution in [0, 0.1) is 5.92 Å². The zero-order valence-electron chi connectivity index (χ0n) is 8.94. The second-order valence-corrected chi connectivity index (χ2v) is 4.19. The van der Waals surface area contributed by atoms with Gasteiger partial charge in [0.15, 0.2) is 0 Å². The molecular formula is C10H20N2O2. The molecule has 0 aromatic rings. The van der Waals surface area contributed by atoms with Crippen molar-refractivity contribution in [2.45, 2.75) is 38.8 Å². The minimum absolute atomic E-state index is 0.0223. The smallest absolute Gasteiger partial charge is 0.239 e. The van der Waals surface area contributed by atoms with Crippen molar-refractivity contribution in [2.75, 3.05) is 13.1 Å². The standard InChI is InChI=1S/C10H20N2O2/c1-7(11)10(14)12-5-3-9(4-6-12)8(2)13/h7-9,13H,3-6,11H2,1-2H3/t7-,8?/m1/s1.